The van der Waals surface area contributed by atoms with Crippen molar-refractivity contribution in [1.82, 2.24) is 0 Å². The average Bonchev–Trinajstić information content (AvgIpc) is 2.42. The van der Waals surface area contributed by atoms with E-state index in [1.54, 1.807) is 0 Å². The number of carbonyl (C=O) groups excluding carboxylic acids is 1. The highest BCUT2D eigenvalue weighted by atomic mass is 16.1. The van der Waals surface area contributed by atoms with E-state index in [-0.39, 0.29) is 10.8 Å². The van der Waals surface area contributed by atoms with Crippen molar-refractivity contribution in [2.45, 2.75) is 66.2 Å². The van der Waals surface area contributed by atoms with Gasteiger partial charge in [-0.3, -0.25) is 4.79 Å². The van der Waals surface area contributed by atoms with E-state index in [1.165, 1.54) is 33.4 Å². The first kappa shape index (κ1) is 14.6. The molecule has 0 saturated carbocycles. The lowest BCUT2D eigenvalue weighted by Crippen LogP contribution is -2.62. The third-order valence-electron chi connectivity index (χ3n) is 7.05. The van der Waals surface area contributed by atoms with Crippen molar-refractivity contribution < 1.29 is 4.79 Å². The fourth-order valence-corrected chi connectivity index (χ4v) is 4.75. The molecule has 112 valence electrons. The first-order valence-corrected chi connectivity index (χ1v) is 7.86. The maximum Gasteiger partial charge on any atom is 0.153 e. The van der Waals surface area contributed by atoms with Crippen LogP contribution in [0.5, 0.6) is 0 Å². The summed E-state index contributed by atoms with van der Waals surface area (Å²) < 4.78 is 0. The molecule has 1 heteroatoms. The lowest BCUT2D eigenvalue weighted by Gasteiger charge is -2.60. The number of benzene rings is 1. The van der Waals surface area contributed by atoms with Gasteiger partial charge in [-0.15, -0.1) is 0 Å². The zero-order valence-electron chi connectivity index (χ0n) is 14.6. The maximum atomic E-state index is 13.3. The zero-order valence-corrected chi connectivity index (χ0v) is 14.6. The summed E-state index contributed by atoms with van der Waals surface area (Å²) in [6, 6.07) is 4.58. The Morgan fingerprint density at radius 3 is 1.76 bits per heavy atom. The van der Waals surface area contributed by atoms with E-state index in [0.717, 1.165) is 0 Å². The lowest BCUT2D eigenvalue weighted by atomic mass is 9.41. The Hall–Kier alpha value is -1.37. The second-order valence-electron chi connectivity index (χ2n) is 7.94. The predicted octanol–water partition coefficient (Wildman–Crippen LogP) is 4.78. The standard InChI is InChI=1S/C20H26O/c1-11-9-15-16(10-12(11)2)20(8)14(4)13(3)19(15,7)17(21)18(20,5)6/h9-10H,1-8H3. The largest absolute Gasteiger partial charge is 0.298 e. The van der Waals surface area contributed by atoms with Crippen molar-refractivity contribution in [3.8, 4) is 0 Å². The molecule has 0 heterocycles. The summed E-state index contributed by atoms with van der Waals surface area (Å²) in [5.74, 6) is 0.372. The molecule has 3 aliphatic carbocycles. The molecule has 2 bridgehead atoms. The quantitative estimate of drug-likeness (QED) is 0.626. The molecule has 0 aliphatic heterocycles. The second-order valence-corrected chi connectivity index (χ2v) is 7.94. The zero-order chi connectivity index (χ0) is 16.0. The highest BCUT2D eigenvalue weighted by Gasteiger charge is 2.64. The molecule has 3 aliphatic rings. The van der Waals surface area contributed by atoms with Crippen LogP contribution in [0.2, 0.25) is 0 Å². The number of rotatable bonds is 0. The van der Waals surface area contributed by atoms with Crippen LogP contribution in [0.4, 0.5) is 0 Å². The van der Waals surface area contributed by atoms with Crippen molar-refractivity contribution >= 4 is 5.78 Å². The van der Waals surface area contributed by atoms with Crippen molar-refractivity contribution in [1.29, 1.82) is 0 Å². The number of Topliss-reactive ketones (excluding diaryl/α,β-unsaturated/α-hetero) is 1. The summed E-state index contributed by atoms with van der Waals surface area (Å²) in [6.45, 7) is 17.3. The molecule has 4 rings (SSSR count). The highest BCUT2D eigenvalue weighted by molar-refractivity contribution is 6.03. The van der Waals surface area contributed by atoms with E-state index in [1.807, 2.05) is 0 Å². The highest BCUT2D eigenvalue weighted by Crippen LogP contribution is 2.64. The minimum absolute atomic E-state index is 0.195. The summed E-state index contributed by atoms with van der Waals surface area (Å²) >= 11 is 0. The van der Waals surface area contributed by atoms with Crippen LogP contribution in [-0.4, -0.2) is 5.78 Å². The topological polar surface area (TPSA) is 17.1 Å². The average molecular weight is 282 g/mol. The summed E-state index contributed by atoms with van der Waals surface area (Å²) in [6.07, 6.45) is 0. The van der Waals surface area contributed by atoms with E-state index in [0.29, 0.717) is 5.78 Å². The number of hydrogen-bond acceptors (Lipinski definition) is 1. The lowest BCUT2D eigenvalue weighted by molar-refractivity contribution is -0.137. The van der Waals surface area contributed by atoms with Gasteiger partial charge in [-0.25, -0.2) is 0 Å². The number of ketones is 1. The Bertz CT molecular complexity index is 720. The molecular weight excluding hydrogens is 256 g/mol. The van der Waals surface area contributed by atoms with E-state index < -0.39 is 5.41 Å². The van der Waals surface area contributed by atoms with Gasteiger partial charge in [-0.05, 0) is 56.9 Å². The molecule has 1 nitrogen and oxygen atoms in total. The van der Waals surface area contributed by atoms with Crippen molar-refractivity contribution in [2.75, 3.05) is 0 Å². The van der Waals surface area contributed by atoms with Crippen LogP contribution in [0.1, 0.15) is 63.8 Å². The van der Waals surface area contributed by atoms with Gasteiger partial charge in [0.25, 0.3) is 0 Å². The molecule has 2 unspecified atom stereocenters. The number of aryl methyl sites for hydroxylation is 2. The molecule has 0 spiro atoms. The van der Waals surface area contributed by atoms with Crippen LogP contribution < -0.4 is 0 Å². The Morgan fingerprint density at radius 2 is 1.24 bits per heavy atom. The molecule has 0 aromatic heterocycles. The SMILES string of the molecule is CC1=C(C)C2(C)c3cc(C)c(C)cc3C1(C)C(=O)C2(C)C. The van der Waals surface area contributed by atoms with Crippen LogP contribution in [0.15, 0.2) is 23.3 Å². The molecule has 0 N–H and O–H groups in total. The minimum Gasteiger partial charge on any atom is -0.298 e. The molecule has 1 aromatic carbocycles. The van der Waals surface area contributed by atoms with E-state index in [4.69, 9.17) is 0 Å². The fourth-order valence-electron chi connectivity index (χ4n) is 4.75. The third kappa shape index (κ3) is 1.27. The van der Waals surface area contributed by atoms with Gasteiger partial charge in [0, 0.05) is 10.8 Å². The fraction of sp³-hybridized carbons (Fsp3) is 0.550. The number of allylic oxidation sites excluding steroid dienone is 2. The van der Waals surface area contributed by atoms with Gasteiger partial charge in [0.05, 0.1) is 5.41 Å². The summed E-state index contributed by atoms with van der Waals surface area (Å²) in [4.78, 5) is 13.3. The van der Waals surface area contributed by atoms with Crippen LogP contribution in [0, 0.1) is 19.3 Å². The van der Waals surface area contributed by atoms with Gasteiger partial charge in [0.2, 0.25) is 0 Å². The molecule has 0 amide bonds. The van der Waals surface area contributed by atoms with E-state index in [9.17, 15) is 4.79 Å². The van der Waals surface area contributed by atoms with Crippen LogP contribution in [-0.2, 0) is 15.6 Å². The Morgan fingerprint density at radius 1 is 0.762 bits per heavy atom. The summed E-state index contributed by atoms with van der Waals surface area (Å²) in [5, 5.41) is 0. The number of carbonyl (C=O) groups is 1. The summed E-state index contributed by atoms with van der Waals surface area (Å²) in [5.41, 5.74) is 6.82. The maximum absolute atomic E-state index is 13.3. The van der Waals surface area contributed by atoms with Gasteiger partial charge in [-0.1, -0.05) is 44.1 Å². The van der Waals surface area contributed by atoms with Gasteiger partial charge >= 0.3 is 0 Å². The molecule has 2 atom stereocenters. The van der Waals surface area contributed by atoms with Crippen LogP contribution in [0.25, 0.3) is 0 Å². The number of hydrogen-bond donors (Lipinski definition) is 0. The monoisotopic (exact) mass is 282 g/mol. The van der Waals surface area contributed by atoms with Crippen LogP contribution >= 0.6 is 0 Å². The van der Waals surface area contributed by atoms with Crippen LogP contribution in [0.3, 0.4) is 0 Å². The first-order chi connectivity index (χ1) is 9.50. The van der Waals surface area contributed by atoms with Crippen molar-refractivity contribution in [2.24, 2.45) is 5.41 Å². The predicted molar refractivity (Wildman–Crippen MR) is 87.8 cm³/mol. The third-order valence-corrected chi connectivity index (χ3v) is 7.05. The Labute approximate surface area is 128 Å². The normalized spacial score (nSPS) is 33.4. The molecular formula is C20H26O. The molecule has 0 saturated heterocycles. The molecule has 1 aromatic rings. The van der Waals surface area contributed by atoms with E-state index in [2.05, 4.69) is 67.5 Å². The van der Waals surface area contributed by atoms with Gasteiger partial charge in [0.1, 0.15) is 0 Å². The van der Waals surface area contributed by atoms with Gasteiger partial charge in [0.15, 0.2) is 5.78 Å². The molecule has 21 heavy (non-hydrogen) atoms. The minimum atomic E-state index is -0.459. The first-order valence-electron chi connectivity index (χ1n) is 7.86. The molecule has 0 fully saturated rings. The van der Waals surface area contributed by atoms with Gasteiger partial charge in [-0.2, -0.15) is 0 Å². The van der Waals surface area contributed by atoms with Crippen molar-refractivity contribution in [3.63, 3.8) is 0 Å². The van der Waals surface area contributed by atoms with Gasteiger partial charge < -0.3 is 0 Å². The second kappa shape index (κ2) is 3.69. The molecule has 0 radical (unpaired) electrons. The smallest absolute Gasteiger partial charge is 0.153 e. The Kier molecular flexibility index (Phi) is 2.56. The summed E-state index contributed by atoms with van der Waals surface area (Å²) in [7, 11) is 0. The van der Waals surface area contributed by atoms with E-state index >= 15 is 0 Å². The van der Waals surface area contributed by atoms with Crippen molar-refractivity contribution in [3.05, 3.63) is 45.5 Å². The number of fused-ring (bicyclic) bond motifs is 1. The Balaban J connectivity index is 2.54.